The summed E-state index contributed by atoms with van der Waals surface area (Å²) in [4.78, 5) is 37.9. The number of ether oxygens (including phenoxy) is 3. The second kappa shape index (κ2) is 10.5. The molecule has 7 nitrogen and oxygen atoms in total. The smallest absolute Gasteiger partial charge is 0.343 e. The predicted molar refractivity (Wildman–Crippen MR) is 121 cm³/mol. The monoisotopic (exact) mass is 505 g/mol. The Balaban J connectivity index is 1.69. The lowest BCUT2D eigenvalue weighted by atomic mass is 10.2. The van der Waals surface area contributed by atoms with Gasteiger partial charge in [0.25, 0.3) is 11.1 Å². The van der Waals surface area contributed by atoms with Crippen molar-refractivity contribution in [3.63, 3.8) is 0 Å². The van der Waals surface area contributed by atoms with E-state index in [1.54, 1.807) is 24.3 Å². The molecule has 0 bridgehead atoms. The largest absolute Gasteiger partial charge is 0.492 e. The number of rotatable bonds is 8. The fourth-order valence-corrected chi connectivity index (χ4v) is 3.99. The minimum atomic E-state index is -0.525. The molecule has 1 saturated heterocycles. The summed E-state index contributed by atoms with van der Waals surface area (Å²) in [5, 5.41) is -0.365. The highest BCUT2D eigenvalue weighted by atomic mass is 79.9. The van der Waals surface area contributed by atoms with Gasteiger partial charge < -0.3 is 14.2 Å². The lowest BCUT2D eigenvalue weighted by Crippen LogP contribution is -2.32. The van der Waals surface area contributed by atoms with E-state index in [-0.39, 0.29) is 29.9 Å². The van der Waals surface area contributed by atoms with Gasteiger partial charge in [0.2, 0.25) is 0 Å². The molecule has 1 heterocycles. The minimum Gasteiger partial charge on any atom is -0.492 e. The van der Waals surface area contributed by atoms with Gasteiger partial charge in [0.15, 0.2) is 6.61 Å². The standard InChI is InChI=1S/C22H20BrNO6S/c1-14-4-3-5-17(10-14)29-9-8-24-21(26)19(31-22(24)27)12-15-11-16(23)6-7-18(15)30-13-20(25)28-2/h3-7,10-12H,8-9,13H2,1-2H3/b19-12-. The number of aryl methyl sites for hydroxylation is 1. The van der Waals surface area contributed by atoms with E-state index >= 15 is 0 Å². The van der Waals surface area contributed by atoms with Crippen LogP contribution in [0.1, 0.15) is 11.1 Å². The molecule has 0 saturated carbocycles. The maximum absolute atomic E-state index is 12.8. The van der Waals surface area contributed by atoms with Crippen molar-refractivity contribution >= 4 is 50.9 Å². The van der Waals surface area contributed by atoms with E-state index in [1.165, 1.54) is 7.11 Å². The van der Waals surface area contributed by atoms with Gasteiger partial charge in [0, 0.05) is 10.0 Å². The van der Waals surface area contributed by atoms with Crippen LogP contribution in [0.3, 0.4) is 0 Å². The van der Waals surface area contributed by atoms with E-state index in [0.717, 1.165) is 26.7 Å². The molecule has 2 aromatic carbocycles. The second-order valence-corrected chi connectivity index (χ2v) is 8.45. The molecule has 1 aliphatic rings. The Bertz CT molecular complexity index is 1040. The molecular formula is C22H20BrNO6S. The molecule has 9 heteroatoms. The Hall–Kier alpha value is -2.78. The number of imide groups is 1. The number of carbonyl (C=O) groups is 3. The van der Waals surface area contributed by atoms with Gasteiger partial charge in [-0.2, -0.15) is 0 Å². The van der Waals surface area contributed by atoms with Gasteiger partial charge in [0.05, 0.1) is 18.6 Å². The number of amides is 2. The second-order valence-electron chi connectivity index (χ2n) is 6.55. The first-order valence-corrected chi connectivity index (χ1v) is 10.9. The van der Waals surface area contributed by atoms with Gasteiger partial charge in [-0.3, -0.25) is 14.5 Å². The molecule has 0 unspecified atom stereocenters. The summed E-state index contributed by atoms with van der Waals surface area (Å²) in [6, 6.07) is 12.7. The highest BCUT2D eigenvalue weighted by Gasteiger charge is 2.35. The van der Waals surface area contributed by atoms with Crippen LogP contribution < -0.4 is 9.47 Å². The number of hydrogen-bond donors (Lipinski definition) is 0. The first-order valence-electron chi connectivity index (χ1n) is 9.31. The van der Waals surface area contributed by atoms with E-state index in [1.807, 2.05) is 31.2 Å². The average molecular weight is 506 g/mol. The molecule has 162 valence electrons. The van der Waals surface area contributed by atoms with Gasteiger partial charge >= 0.3 is 5.97 Å². The number of thioether (sulfide) groups is 1. The number of hydrogen-bond acceptors (Lipinski definition) is 7. The molecule has 31 heavy (non-hydrogen) atoms. The summed E-state index contributed by atoms with van der Waals surface area (Å²) in [6.07, 6.45) is 1.57. The third-order valence-corrected chi connectivity index (χ3v) is 5.68. The molecule has 3 rings (SSSR count). The molecule has 2 aromatic rings. The van der Waals surface area contributed by atoms with Crippen molar-refractivity contribution in [3.8, 4) is 11.5 Å². The SMILES string of the molecule is COC(=O)COc1ccc(Br)cc1/C=C1\SC(=O)N(CCOc2cccc(C)c2)C1=O. The third kappa shape index (κ3) is 6.11. The topological polar surface area (TPSA) is 82.1 Å². The van der Waals surface area contributed by atoms with Crippen LogP contribution in [0.25, 0.3) is 6.08 Å². The van der Waals surface area contributed by atoms with Crippen LogP contribution in [0, 0.1) is 6.92 Å². The Morgan fingerprint density at radius 2 is 1.97 bits per heavy atom. The average Bonchev–Trinajstić information content (AvgIpc) is 3.00. The Labute approximate surface area is 192 Å². The van der Waals surface area contributed by atoms with Gasteiger partial charge in [0.1, 0.15) is 18.1 Å². The van der Waals surface area contributed by atoms with Crippen molar-refractivity contribution in [2.75, 3.05) is 26.9 Å². The number of esters is 1. The van der Waals surface area contributed by atoms with Crippen molar-refractivity contribution in [1.82, 2.24) is 4.90 Å². The Morgan fingerprint density at radius 1 is 1.16 bits per heavy atom. The molecule has 1 aliphatic heterocycles. The first kappa shape index (κ1) is 22.9. The molecule has 0 atom stereocenters. The summed E-state index contributed by atoms with van der Waals surface area (Å²) in [5.41, 5.74) is 1.62. The minimum absolute atomic E-state index is 0.139. The lowest BCUT2D eigenvalue weighted by Gasteiger charge is -2.13. The van der Waals surface area contributed by atoms with E-state index in [0.29, 0.717) is 17.1 Å². The molecule has 0 spiro atoms. The quantitative estimate of drug-likeness (QED) is 0.387. The summed E-state index contributed by atoms with van der Waals surface area (Å²) in [7, 11) is 1.27. The molecule has 0 aromatic heterocycles. The van der Waals surface area contributed by atoms with E-state index in [2.05, 4.69) is 20.7 Å². The Kier molecular flexibility index (Phi) is 7.75. The van der Waals surface area contributed by atoms with Crippen LogP contribution >= 0.6 is 27.7 Å². The third-order valence-electron chi connectivity index (χ3n) is 4.28. The van der Waals surface area contributed by atoms with E-state index in [9.17, 15) is 14.4 Å². The molecule has 1 fully saturated rings. The normalized spacial score (nSPS) is 14.8. The zero-order valence-corrected chi connectivity index (χ0v) is 19.3. The lowest BCUT2D eigenvalue weighted by molar-refractivity contribution is -0.142. The number of nitrogens with zero attached hydrogens (tertiary/aromatic N) is 1. The Morgan fingerprint density at radius 3 is 2.71 bits per heavy atom. The summed E-state index contributed by atoms with van der Waals surface area (Å²) < 4.78 is 16.5. The van der Waals surface area contributed by atoms with Crippen molar-refractivity contribution < 1.29 is 28.6 Å². The first-order chi connectivity index (χ1) is 14.9. The zero-order chi connectivity index (χ0) is 22.4. The van der Waals surface area contributed by atoms with Crippen molar-refractivity contribution in [2.45, 2.75) is 6.92 Å². The van der Waals surface area contributed by atoms with Crippen molar-refractivity contribution in [1.29, 1.82) is 0 Å². The number of methoxy groups -OCH3 is 1. The molecule has 0 N–H and O–H groups in total. The summed E-state index contributed by atoms with van der Waals surface area (Å²) >= 11 is 4.23. The number of benzene rings is 2. The van der Waals surface area contributed by atoms with Gasteiger partial charge in [-0.05, 0) is 60.7 Å². The fourth-order valence-electron chi connectivity index (χ4n) is 2.75. The fraction of sp³-hybridized carbons (Fsp3) is 0.227. The van der Waals surface area contributed by atoms with Crippen LogP contribution in [-0.2, 0) is 14.3 Å². The maximum atomic E-state index is 12.8. The van der Waals surface area contributed by atoms with E-state index in [4.69, 9.17) is 9.47 Å². The van der Waals surface area contributed by atoms with Crippen LogP contribution in [0.5, 0.6) is 11.5 Å². The number of halogens is 1. The number of carbonyl (C=O) groups excluding carboxylic acids is 3. The highest BCUT2D eigenvalue weighted by Crippen LogP contribution is 2.34. The maximum Gasteiger partial charge on any atom is 0.343 e. The van der Waals surface area contributed by atoms with Gasteiger partial charge in [-0.25, -0.2) is 4.79 Å². The van der Waals surface area contributed by atoms with E-state index < -0.39 is 11.9 Å². The molecular weight excluding hydrogens is 486 g/mol. The predicted octanol–water partition coefficient (Wildman–Crippen LogP) is 4.42. The van der Waals surface area contributed by atoms with Crippen LogP contribution in [0.2, 0.25) is 0 Å². The molecule has 0 aliphatic carbocycles. The van der Waals surface area contributed by atoms with Crippen molar-refractivity contribution in [2.24, 2.45) is 0 Å². The van der Waals surface area contributed by atoms with Crippen molar-refractivity contribution in [3.05, 3.63) is 63.0 Å². The summed E-state index contributed by atoms with van der Waals surface area (Å²) in [5.74, 6) is 0.150. The van der Waals surface area contributed by atoms with Crippen LogP contribution in [-0.4, -0.2) is 48.9 Å². The van der Waals surface area contributed by atoms with Crippen LogP contribution in [0.4, 0.5) is 4.79 Å². The molecule has 2 amide bonds. The summed E-state index contributed by atoms with van der Waals surface area (Å²) in [6.45, 7) is 2.02. The molecule has 0 radical (unpaired) electrons. The van der Waals surface area contributed by atoms with Gasteiger partial charge in [-0.1, -0.05) is 28.1 Å². The highest BCUT2D eigenvalue weighted by molar-refractivity contribution is 9.10. The van der Waals surface area contributed by atoms with Gasteiger partial charge in [-0.15, -0.1) is 0 Å². The van der Waals surface area contributed by atoms with Crippen LogP contribution in [0.15, 0.2) is 51.8 Å². The zero-order valence-electron chi connectivity index (χ0n) is 16.9.